The predicted molar refractivity (Wildman–Crippen MR) is 74.7 cm³/mol. The van der Waals surface area contributed by atoms with Gasteiger partial charge in [-0.1, -0.05) is 17.7 Å². The molecule has 0 saturated carbocycles. The van der Waals surface area contributed by atoms with Gasteiger partial charge in [-0.05, 0) is 31.0 Å². The fourth-order valence-electron chi connectivity index (χ4n) is 2.51. The Labute approximate surface area is 109 Å². The summed E-state index contributed by atoms with van der Waals surface area (Å²) in [7, 11) is 0. The first-order chi connectivity index (χ1) is 8.66. The van der Waals surface area contributed by atoms with E-state index in [-0.39, 0.29) is 0 Å². The van der Waals surface area contributed by atoms with Gasteiger partial charge < -0.3 is 10.4 Å². The lowest BCUT2D eigenvalue weighted by Crippen LogP contribution is -2.45. The van der Waals surface area contributed by atoms with E-state index in [1.54, 1.807) is 6.07 Å². The minimum Gasteiger partial charge on any atom is -0.508 e. The van der Waals surface area contributed by atoms with Gasteiger partial charge in [0.2, 0.25) is 0 Å². The highest BCUT2D eigenvalue weighted by atomic mass is 16.3. The van der Waals surface area contributed by atoms with Crippen molar-refractivity contribution in [3.63, 3.8) is 0 Å². The van der Waals surface area contributed by atoms with Crippen molar-refractivity contribution in [2.45, 2.75) is 19.4 Å². The molecular weight excluding hydrogens is 224 g/mol. The summed E-state index contributed by atoms with van der Waals surface area (Å²) in [4.78, 5) is 2.47. The first kappa shape index (κ1) is 13.1. The minimum atomic E-state index is 0.330. The van der Waals surface area contributed by atoms with E-state index < -0.39 is 0 Å². The molecule has 1 fully saturated rings. The molecule has 1 aromatic rings. The number of piperazine rings is 1. The van der Waals surface area contributed by atoms with Crippen LogP contribution in [0.15, 0.2) is 36.4 Å². The Morgan fingerprint density at radius 2 is 2.17 bits per heavy atom. The summed E-state index contributed by atoms with van der Waals surface area (Å²) in [6, 6.07) is 7.93. The molecule has 0 amide bonds. The van der Waals surface area contributed by atoms with Crippen LogP contribution in [0, 0.1) is 0 Å². The maximum Gasteiger partial charge on any atom is 0.115 e. The van der Waals surface area contributed by atoms with Crippen molar-refractivity contribution in [3.8, 4) is 5.75 Å². The smallest absolute Gasteiger partial charge is 0.115 e. The largest absolute Gasteiger partial charge is 0.508 e. The van der Waals surface area contributed by atoms with E-state index in [0.29, 0.717) is 11.8 Å². The third-order valence-corrected chi connectivity index (χ3v) is 3.39. The normalized spacial score (nSPS) is 18.5. The number of phenolic OH excluding ortho intramolecular Hbond substituents is 1. The number of hydrogen-bond acceptors (Lipinski definition) is 3. The van der Waals surface area contributed by atoms with Crippen molar-refractivity contribution in [2.75, 3.05) is 26.2 Å². The van der Waals surface area contributed by atoms with Crippen molar-refractivity contribution >= 4 is 0 Å². The average molecular weight is 246 g/mol. The zero-order valence-corrected chi connectivity index (χ0v) is 11.0. The van der Waals surface area contributed by atoms with Crippen LogP contribution in [0.3, 0.4) is 0 Å². The van der Waals surface area contributed by atoms with E-state index >= 15 is 0 Å². The molecular formula is C15H22N2O. The van der Waals surface area contributed by atoms with Crippen LogP contribution in [-0.4, -0.2) is 36.2 Å². The summed E-state index contributed by atoms with van der Waals surface area (Å²) in [5.41, 5.74) is 2.36. The summed E-state index contributed by atoms with van der Waals surface area (Å²) in [6.45, 7) is 10.3. The Balaban J connectivity index is 2.20. The Morgan fingerprint density at radius 3 is 2.78 bits per heavy atom. The number of nitrogens with zero attached hydrogens (tertiary/aromatic N) is 1. The third-order valence-electron chi connectivity index (χ3n) is 3.39. The third kappa shape index (κ3) is 3.34. The molecule has 1 heterocycles. The van der Waals surface area contributed by atoms with E-state index in [1.165, 1.54) is 11.1 Å². The molecule has 3 heteroatoms. The molecule has 0 aromatic heterocycles. The number of hydrogen-bond donors (Lipinski definition) is 2. The summed E-state index contributed by atoms with van der Waals surface area (Å²) in [6.07, 6.45) is 0.948. The highest BCUT2D eigenvalue weighted by Gasteiger charge is 2.22. The molecule has 18 heavy (non-hydrogen) atoms. The molecule has 1 aliphatic heterocycles. The number of benzene rings is 1. The lowest BCUT2D eigenvalue weighted by atomic mass is 9.98. The van der Waals surface area contributed by atoms with Gasteiger partial charge in [0.25, 0.3) is 0 Å². The van der Waals surface area contributed by atoms with Crippen LogP contribution in [0.2, 0.25) is 0 Å². The van der Waals surface area contributed by atoms with Gasteiger partial charge in [0, 0.05) is 32.2 Å². The molecule has 1 saturated heterocycles. The number of nitrogens with one attached hydrogen (secondary N) is 1. The monoisotopic (exact) mass is 246 g/mol. The summed E-state index contributed by atoms with van der Waals surface area (Å²) in [5, 5.41) is 13.0. The zero-order chi connectivity index (χ0) is 13.0. The van der Waals surface area contributed by atoms with E-state index in [0.717, 1.165) is 32.6 Å². The number of phenols is 1. The van der Waals surface area contributed by atoms with Gasteiger partial charge in [0.15, 0.2) is 0 Å². The van der Waals surface area contributed by atoms with Crippen LogP contribution in [0.1, 0.15) is 24.9 Å². The fourth-order valence-corrected chi connectivity index (χ4v) is 2.51. The predicted octanol–water partition coefficient (Wildman–Crippen LogP) is 2.30. The lowest BCUT2D eigenvalue weighted by Gasteiger charge is -2.35. The molecule has 0 aliphatic carbocycles. The molecule has 0 radical (unpaired) electrons. The van der Waals surface area contributed by atoms with Crippen molar-refractivity contribution in [1.29, 1.82) is 0 Å². The SMILES string of the molecule is C=C(C)C[C@@H](c1cccc(O)c1)N1CCNCC1. The number of rotatable bonds is 4. The second kappa shape index (κ2) is 6.03. The van der Waals surface area contributed by atoms with Crippen LogP contribution < -0.4 is 5.32 Å². The first-order valence-corrected chi connectivity index (χ1v) is 6.55. The van der Waals surface area contributed by atoms with Crippen LogP contribution in [0.4, 0.5) is 0 Å². The summed E-state index contributed by atoms with van der Waals surface area (Å²) in [5.74, 6) is 0.342. The van der Waals surface area contributed by atoms with E-state index in [4.69, 9.17) is 0 Å². The Morgan fingerprint density at radius 1 is 1.44 bits per heavy atom. The van der Waals surface area contributed by atoms with Crippen molar-refractivity contribution in [1.82, 2.24) is 10.2 Å². The quantitative estimate of drug-likeness (QED) is 0.800. The van der Waals surface area contributed by atoms with Gasteiger partial charge in [0.05, 0.1) is 0 Å². The van der Waals surface area contributed by atoms with E-state index in [9.17, 15) is 5.11 Å². The highest BCUT2D eigenvalue weighted by molar-refractivity contribution is 5.30. The van der Waals surface area contributed by atoms with E-state index in [1.807, 2.05) is 12.1 Å². The van der Waals surface area contributed by atoms with Crippen molar-refractivity contribution < 1.29 is 5.11 Å². The lowest BCUT2D eigenvalue weighted by molar-refractivity contribution is 0.172. The molecule has 2 rings (SSSR count). The second-order valence-corrected chi connectivity index (χ2v) is 5.06. The standard InChI is InChI=1S/C15H22N2O/c1-12(2)10-15(17-8-6-16-7-9-17)13-4-3-5-14(18)11-13/h3-5,11,15-16,18H,1,6-10H2,2H3/t15-/m0/s1. The molecule has 1 aliphatic rings. The van der Waals surface area contributed by atoms with Gasteiger partial charge in [-0.15, -0.1) is 6.58 Å². The fraction of sp³-hybridized carbons (Fsp3) is 0.467. The summed E-state index contributed by atoms with van der Waals surface area (Å²) < 4.78 is 0. The molecule has 2 N–H and O–H groups in total. The highest BCUT2D eigenvalue weighted by Crippen LogP contribution is 2.29. The molecule has 3 nitrogen and oxygen atoms in total. The van der Waals surface area contributed by atoms with Crippen LogP contribution in [0.5, 0.6) is 5.75 Å². The molecule has 1 aromatic carbocycles. The van der Waals surface area contributed by atoms with Crippen LogP contribution >= 0.6 is 0 Å². The molecule has 1 atom stereocenters. The Hall–Kier alpha value is -1.32. The average Bonchev–Trinajstić information content (AvgIpc) is 2.37. The van der Waals surface area contributed by atoms with Gasteiger partial charge >= 0.3 is 0 Å². The Kier molecular flexibility index (Phi) is 4.39. The molecule has 98 valence electrons. The summed E-state index contributed by atoms with van der Waals surface area (Å²) >= 11 is 0. The van der Waals surface area contributed by atoms with Gasteiger partial charge in [-0.3, -0.25) is 4.90 Å². The Bertz CT molecular complexity index is 411. The topological polar surface area (TPSA) is 35.5 Å². The second-order valence-electron chi connectivity index (χ2n) is 5.06. The van der Waals surface area contributed by atoms with Gasteiger partial charge in [0.1, 0.15) is 5.75 Å². The maximum absolute atomic E-state index is 9.64. The van der Waals surface area contributed by atoms with E-state index in [2.05, 4.69) is 29.8 Å². The molecule has 0 bridgehead atoms. The van der Waals surface area contributed by atoms with Crippen molar-refractivity contribution in [3.05, 3.63) is 42.0 Å². The number of aromatic hydroxyl groups is 1. The van der Waals surface area contributed by atoms with Gasteiger partial charge in [-0.25, -0.2) is 0 Å². The van der Waals surface area contributed by atoms with Crippen molar-refractivity contribution in [2.24, 2.45) is 0 Å². The van der Waals surface area contributed by atoms with Crippen LogP contribution in [0.25, 0.3) is 0 Å². The van der Waals surface area contributed by atoms with Gasteiger partial charge in [-0.2, -0.15) is 0 Å². The zero-order valence-electron chi connectivity index (χ0n) is 11.0. The minimum absolute atomic E-state index is 0.330. The molecule has 0 unspecified atom stereocenters. The maximum atomic E-state index is 9.64. The van der Waals surface area contributed by atoms with Crippen LogP contribution in [-0.2, 0) is 0 Å². The molecule has 0 spiro atoms. The first-order valence-electron chi connectivity index (χ1n) is 6.55.